The molecule has 2 aromatic rings. The van der Waals surface area contributed by atoms with E-state index in [4.69, 9.17) is 5.11 Å². The summed E-state index contributed by atoms with van der Waals surface area (Å²) < 4.78 is 0.284. The van der Waals surface area contributed by atoms with Crippen molar-refractivity contribution in [2.75, 3.05) is 0 Å². The molecule has 3 N–H and O–H groups in total. The maximum absolute atomic E-state index is 10.9. The second-order valence-electron chi connectivity index (χ2n) is 4.02. The molecule has 0 aliphatic heterocycles. The molecule has 5 heteroatoms. The number of phenols is 2. The van der Waals surface area contributed by atoms with Gasteiger partial charge in [-0.2, -0.15) is 0 Å². The molecule has 0 fully saturated rings. The summed E-state index contributed by atoms with van der Waals surface area (Å²) in [6.07, 6.45) is -0.299. The van der Waals surface area contributed by atoms with Crippen LogP contribution in [-0.2, 0) is 11.2 Å². The fraction of sp³-hybridized carbons (Fsp3) is 0.0714. The number of hydrogen-bond acceptors (Lipinski definition) is 3. The Morgan fingerprint density at radius 2 is 1.74 bits per heavy atom. The third kappa shape index (κ3) is 2.71. The summed E-state index contributed by atoms with van der Waals surface area (Å²) in [5, 5.41) is 28.6. The lowest BCUT2D eigenvalue weighted by molar-refractivity contribution is -0.136. The minimum Gasteiger partial charge on any atom is -0.507 e. The molecule has 2 aromatic carbocycles. The van der Waals surface area contributed by atoms with Crippen molar-refractivity contribution in [1.29, 1.82) is 0 Å². The Balaban J connectivity index is 2.71. The topological polar surface area (TPSA) is 77.8 Å². The van der Waals surface area contributed by atoms with E-state index >= 15 is 0 Å². The van der Waals surface area contributed by atoms with E-state index < -0.39 is 5.97 Å². The molecule has 0 aliphatic carbocycles. The molecule has 0 spiro atoms. The summed E-state index contributed by atoms with van der Waals surface area (Å²) in [5.74, 6) is -1.38. The molecule has 0 aliphatic rings. The zero-order valence-corrected chi connectivity index (χ0v) is 11.4. The van der Waals surface area contributed by atoms with Crippen molar-refractivity contribution in [3.8, 4) is 22.6 Å². The van der Waals surface area contributed by atoms with Crippen LogP contribution in [0.5, 0.6) is 11.5 Å². The van der Waals surface area contributed by atoms with Gasteiger partial charge < -0.3 is 15.3 Å². The second-order valence-corrected chi connectivity index (χ2v) is 4.81. The molecular formula is C14H11BrO4. The average Bonchev–Trinajstić information content (AvgIpc) is 2.36. The molecule has 19 heavy (non-hydrogen) atoms. The molecule has 0 atom stereocenters. The van der Waals surface area contributed by atoms with Crippen LogP contribution in [0.25, 0.3) is 11.1 Å². The number of carbonyl (C=O) groups is 1. The van der Waals surface area contributed by atoms with E-state index in [0.717, 1.165) is 0 Å². The Kier molecular flexibility index (Phi) is 3.76. The summed E-state index contributed by atoms with van der Waals surface area (Å²) in [6.45, 7) is 0. The van der Waals surface area contributed by atoms with Gasteiger partial charge in [0, 0.05) is 11.6 Å². The molecule has 2 rings (SSSR count). The predicted molar refractivity (Wildman–Crippen MR) is 74.2 cm³/mol. The number of halogens is 1. The van der Waals surface area contributed by atoms with Crippen molar-refractivity contribution in [1.82, 2.24) is 0 Å². The van der Waals surface area contributed by atoms with Gasteiger partial charge in [-0.15, -0.1) is 0 Å². The van der Waals surface area contributed by atoms with Crippen LogP contribution in [0, 0.1) is 0 Å². The summed E-state index contributed by atoms with van der Waals surface area (Å²) in [5.41, 5.74) is 1.45. The first-order chi connectivity index (χ1) is 9.00. The SMILES string of the molecule is O=C(O)Cc1c(Br)c(O)cc(O)c1-c1ccccc1. The number of benzene rings is 2. The summed E-state index contributed by atoms with van der Waals surface area (Å²) in [6, 6.07) is 10.1. The highest BCUT2D eigenvalue weighted by Gasteiger charge is 2.19. The standard InChI is InChI=1S/C14H11BrO4/c15-14-9(6-12(18)19)13(10(16)7-11(14)17)8-4-2-1-3-5-8/h1-5,7,16-17H,6H2,(H,18,19). The maximum atomic E-state index is 10.9. The summed E-state index contributed by atoms with van der Waals surface area (Å²) >= 11 is 3.17. The van der Waals surface area contributed by atoms with E-state index in [9.17, 15) is 15.0 Å². The smallest absolute Gasteiger partial charge is 0.307 e. The van der Waals surface area contributed by atoms with Crippen molar-refractivity contribution in [2.24, 2.45) is 0 Å². The van der Waals surface area contributed by atoms with Crippen molar-refractivity contribution >= 4 is 21.9 Å². The molecule has 0 unspecified atom stereocenters. The van der Waals surface area contributed by atoms with E-state index in [1.807, 2.05) is 6.07 Å². The van der Waals surface area contributed by atoms with Gasteiger partial charge in [-0.05, 0) is 27.1 Å². The summed E-state index contributed by atoms with van der Waals surface area (Å²) in [4.78, 5) is 10.9. The molecule has 0 saturated heterocycles. The zero-order chi connectivity index (χ0) is 14.0. The number of phenolic OH excluding ortho intramolecular Hbond substituents is 2. The van der Waals surface area contributed by atoms with Crippen LogP contribution in [0.3, 0.4) is 0 Å². The quantitative estimate of drug-likeness (QED) is 0.811. The van der Waals surface area contributed by atoms with E-state index in [2.05, 4.69) is 15.9 Å². The lowest BCUT2D eigenvalue weighted by atomic mass is 9.96. The van der Waals surface area contributed by atoms with Crippen molar-refractivity contribution in [3.63, 3.8) is 0 Å². The van der Waals surface area contributed by atoms with Gasteiger partial charge in [-0.1, -0.05) is 30.3 Å². The van der Waals surface area contributed by atoms with E-state index in [1.54, 1.807) is 24.3 Å². The van der Waals surface area contributed by atoms with Crippen LogP contribution in [0.4, 0.5) is 0 Å². The second kappa shape index (κ2) is 5.32. The third-order valence-corrected chi connectivity index (χ3v) is 3.60. The van der Waals surface area contributed by atoms with Gasteiger partial charge in [0.1, 0.15) is 11.5 Å². The Hall–Kier alpha value is -2.01. The van der Waals surface area contributed by atoms with Crippen molar-refractivity contribution in [2.45, 2.75) is 6.42 Å². The van der Waals surface area contributed by atoms with Crippen LogP contribution < -0.4 is 0 Å². The van der Waals surface area contributed by atoms with Crippen molar-refractivity contribution in [3.05, 3.63) is 46.4 Å². The molecular weight excluding hydrogens is 312 g/mol. The van der Waals surface area contributed by atoms with Gasteiger partial charge >= 0.3 is 5.97 Å². The van der Waals surface area contributed by atoms with Crippen molar-refractivity contribution < 1.29 is 20.1 Å². The van der Waals surface area contributed by atoms with Crippen LogP contribution >= 0.6 is 15.9 Å². The largest absolute Gasteiger partial charge is 0.507 e. The van der Waals surface area contributed by atoms with Gasteiger partial charge in [0.2, 0.25) is 0 Å². The van der Waals surface area contributed by atoms with Gasteiger partial charge in [0.05, 0.1) is 10.9 Å². The number of aromatic hydroxyl groups is 2. The van der Waals surface area contributed by atoms with Gasteiger partial charge in [-0.3, -0.25) is 4.79 Å². The number of aliphatic carboxylic acids is 1. The first-order valence-electron chi connectivity index (χ1n) is 5.51. The Labute approximate surface area is 118 Å². The van der Waals surface area contributed by atoms with E-state index in [1.165, 1.54) is 6.07 Å². The van der Waals surface area contributed by atoms with Gasteiger partial charge in [0.25, 0.3) is 0 Å². The lowest BCUT2D eigenvalue weighted by Gasteiger charge is -2.14. The molecule has 0 radical (unpaired) electrons. The molecule has 0 amide bonds. The number of hydrogen-bond donors (Lipinski definition) is 3. The van der Waals surface area contributed by atoms with Crippen LogP contribution in [0.2, 0.25) is 0 Å². The number of rotatable bonds is 3. The Bertz CT molecular complexity index is 623. The lowest BCUT2D eigenvalue weighted by Crippen LogP contribution is -2.03. The number of carboxylic acid groups (broad SMARTS) is 1. The maximum Gasteiger partial charge on any atom is 0.307 e. The molecule has 0 aromatic heterocycles. The van der Waals surface area contributed by atoms with E-state index in [0.29, 0.717) is 16.7 Å². The molecule has 98 valence electrons. The highest BCUT2D eigenvalue weighted by Crippen LogP contribution is 2.42. The Morgan fingerprint density at radius 1 is 1.11 bits per heavy atom. The first-order valence-corrected chi connectivity index (χ1v) is 6.30. The first kappa shape index (κ1) is 13.4. The molecule has 0 heterocycles. The fourth-order valence-electron chi connectivity index (χ4n) is 1.93. The Morgan fingerprint density at radius 3 is 2.32 bits per heavy atom. The third-order valence-electron chi connectivity index (χ3n) is 2.71. The van der Waals surface area contributed by atoms with Crippen LogP contribution in [0.1, 0.15) is 5.56 Å². The van der Waals surface area contributed by atoms with Crippen LogP contribution in [-0.4, -0.2) is 21.3 Å². The fourth-order valence-corrected chi connectivity index (χ4v) is 2.38. The zero-order valence-electron chi connectivity index (χ0n) is 9.80. The molecule has 4 nitrogen and oxygen atoms in total. The minimum atomic E-state index is -1.04. The highest BCUT2D eigenvalue weighted by atomic mass is 79.9. The van der Waals surface area contributed by atoms with E-state index in [-0.39, 0.29) is 22.4 Å². The normalized spacial score (nSPS) is 10.4. The number of carboxylic acids is 1. The molecule has 0 bridgehead atoms. The molecule has 0 saturated carbocycles. The monoisotopic (exact) mass is 322 g/mol. The summed E-state index contributed by atoms with van der Waals surface area (Å²) in [7, 11) is 0. The van der Waals surface area contributed by atoms with Gasteiger partial charge in [-0.25, -0.2) is 0 Å². The highest BCUT2D eigenvalue weighted by molar-refractivity contribution is 9.10. The minimum absolute atomic E-state index is 0.150. The average molecular weight is 323 g/mol. The predicted octanol–water partition coefficient (Wildman–Crippen LogP) is 3.15. The van der Waals surface area contributed by atoms with Gasteiger partial charge in [0.15, 0.2) is 0 Å². The van der Waals surface area contributed by atoms with Crippen LogP contribution in [0.15, 0.2) is 40.9 Å².